The highest BCUT2D eigenvalue weighted by Crippen LogP contribution is 2.25. The molecule has 0 radical (unpaired) electrons. The molecule has 1 fully saturated rings. The van der Waals surface area contributed by atoms with Gasteiger partial charge in [-0.3, -0.25) is 4.79 Å². The number of carbonyl (C=O) groups is 1. The summed E-state index contributed by atoms with van der Waals surface area (Å²) in [4.78, 5) is 10.6. The van der Waals surface area contributed by atoms with E-state index >= 15 is 0 Å². The van der Waals surface area contributed by atoms with E-state index in [-0.39, 0.29) is 11.6 Å². The lowest BCUT2D eigenvalue weighted by molar-refractivity contribution is -0.144. The van der Waals surface area contributed by atoms with Crippen LogP contribution in [0.1, 0.15) is 20.3 Å². The van der Waals surface area contributed by atoms with Crippen molar-refractivity contribution in [3.63, 3.8) is 0 Å². The zero-order valence-electron chi connectivity index (χ0n) is 6.35. The van der Waals surface area contributed by atoms with Crippen LogP contribution in [0.25, 0.3) is 0 Å². The summed E-state index contributed by atoms with van der Waals surface area (Å²) in [6.07, 6.45) is 0.441. The van der Waals surface area contributed by atoms with E-state index in [1.807, 2.05) is 6.92 Å². The summed E-state index contributed by atoms with van der Waals surface area (Å²) < 4.78 is 9.87. The molecule has 10 heavy (non-hydrogen) atoms. The molecule has 1 saturated heterocycles. The molecular formula is C7H12O3. The zero-order chi connectivity index (χ0) is 7.61. The van der Waals surface area contributed by atoms with Crippen LogP contribution in [0.5, 0.6) is 0 Å². The van der Waals surface area contributed by atoms with Gasteiger partial charge in [0.15, 0.2) is 0 Å². The smallest absolute Gasteiger partial charge is 0.305 e. The Balaban J connectivity index is 2.10. The van der Waals surface area contributed by atoms with Crippen LogP contribution in [0.15, 0.2) is 0 Å². The quantitative estimate of drug-likeness (QED) is 0.433. The highest BCUT2D eigenvalue weighted by Gasteiger charge is 2.40. The number of hydrogen-bond acceptors (Lipinski definition) is 3. The lowest BCUT2D eigenvalue weighted by Crippen LogP contribution is -2.17. The second-order valence-corrected chi connectivity index (χ2v) is 2.75. The van der Waals surface area contributed by atoms with Gasteiger partial charge in [0.1, 0.15) is 12.2 Å². The van der Waals surface area contributed by atoms with Crippen molar-refractivity contribution in [3.8, 4) is 0 Å². The zero-order valence-corrected chi connectivity index (χ0v) is 6.35. The highest BCUT2D eigenvalue weighted by molar-refractivity contribution is 5.68. The van der Waals surface area contributed by atoms with Crippen LogP contribution < -0.4 is 0 Å². The standard InChI is InChI=1S/C7H12O3/c1-3-6(8)9-4-7(2)5-10-7/h3-5H2,1-2H3/t7-/m0/s1. The van der Waals surface area contributed by atoms with Gasteiger partial charge in [0.25, 0.3) is 0 Å². The van der Waals surface area contributed by atoms with Gasteiger partial charge in [-0.05, 0) is 6.92 Å². The van der Waals surface area contributed by atoms with E-state index in [0.29, 0.717) is 19.6 Å². The molecule has 0 saturated carbocycles. The van der Waals surface area contributed by atoms with Crippen LogP contribution in [-0.2, 0) is 14.3 Å². The molecule has 1 atom stereocenters. The number of esters is 1. The number of hydrogen-bond donors (Lipinski definition) is 0. The summed E-state index contributed by atoms with van der Waals surface area (Å²) in [5.74, 6) is -0.156. The summed E-state index contributed by atoms with van der Waals surface area (Å²) in [5, 5.41) is 0. The third-order valence-corrected chi connectivity index (χ3v) is 1.46. The maximum Gasteiger partial charge on any atom is 0.305 e. The first-order valence-corrected chi connectivity index (χ1v) is 3.46. The average molecular weight is 144 g/mol. The van der Waals surface area contributed by atoms with E-state index in [2.05, 4.69) is 0 Å². The van der Waals surface area contributed by atoms with Crippen molar-refractivity contribution in [2.45, 2.75) is 25.9 Å². The third-order valence-electron chi connectivity index (χ3n) is 1.46. The van der Waals surface area contributed by atoms with Crippen molar-refractivity contribution in [2.75, 3.05) is 13.2 Å². The van der Waals surface area contributed by atoms with E-state index in [1.54, 1.807) is 6.92 Å². The van der Waals surface area contributed by atoms with Gasteiger partial charge in [-0.15, -0.1) is 0 Å². The third kappa shape index (κ3) is 1.99. The molecular weight excluding hydrogens is 132 g/mol. The minimum atomic E-state index is -0.162. The Morgan fingerprint density at radius 3 is 2.80 bits per heavy atom. The fourth-order valence-electron chi connectivity index (χ4n) is 0.542. The van der Waals surface area contributed by atoms with Gasteiger partial charge in [0.2, 0.25) is 0 Å². The molecule has 0 spiro atoms. The average Bonchev–Trinajstić information content (AvgIpc) is 2.64. The monoisotopic (exact) mass is 144 g/mol. The second-order valence-electron chi connectivity index (χ2n) is 2.75. The number of carbonyl (C=O) groups excluding carboxylic acids is 1. The number of ether oxygens (including phenoxy) is 2. The van der Waals surface area contributed by atoms with Crippen LogP contribution in [-0.4, -0.2) is 24.8 Å². The fourth-order valence-corrected chi connectivity index (χ4v) is 0.542. The van der Waals surface area contributed by atoms with E-state index in [9.17, 15) is 4.79 Å². The molecule has 0 bridgehead atoms. The van der Waals surface area contributed by atoms with Crippen molar-refractivity contribution in [1.29, 1.82) is 0 Å². The van der Waals surface area contributed by atoms with Crippen molar-refractivity contribution in [1.82, 2.24) is 0 Å². The van der Waals surface area contributed by atoms with Gasteiger partial charge in [0, 0.05) is 6.42 Å². The van der Waals surface area contributed by atoms with Crippen molar-refractivity contribution in [3.05, 3.63) is 0 Å². The predicted molar refractivity (Wildman–Crippen MR) is 35.6 cm³/mol. The molecule has 0 aromatic rings. The summed E-state index contributed by atoms with van der Waals surface area (Å²) in [7, 11) is 0. The molecule has 0 aromatic carbocycles. The summed E-state index contributed by atoms with van der Waals surface area (Å²) >= 11 is 0. The van der Waals surface area contributed by atoms with Gasteiger partial charge in [-0.1, -0.05) is 6.92 Å². The molecule has 3 nitrogen and oxygen atoms in total. The largest absolute Gasteiger partial charge is 0.463 e. The molecule has 1 rings (SSSR count). The molecule has 1 aliphatic rings. The fraction of sp³-hybridized carbons (Fsp3) is 0.857. The molecule has 0 N–H and O–H groups in total. The predicted octanol–water partition coefficient (Wildman–Crippen LogP) is 0.729. The Bertz CT molecular complexity index is 138. The molecule has 1 aliphatic heterocycles. The van der Waals surface area contributed by atoms with Crippen LogP contribution in [0.4, 0.5) is 0 Å². The Hall–Kier alpha value is -0.570. The van der Waals surface area contributed by atoms with Crippen molar-refractivity contribution < 1.29 is 14.3 Å². The topological polar surface area (TPSA) is 38.8 Å². The lowest BCUT2D eigenvalue weighted by atomic mass is 10.2. The van der Waals surface area contributed by atoms with Gasteiger partial charge in [-0.2, -0.15) is 0 Å². The maximum absolute atomic E-state index is 10.6. The Morgan fingerprint density at radius 2 is 2.40 bits per heavy atom. The van der Waals surface area contributed by atoms with E-state index in [1.165, 1.54) is 0 Å². The molecule has 0 aromatic heterocycles. The van der Waals surface area contributed by atoms with Crippen molar-refractivity contribution in [2.24, 2.45) is 0 Å². The molecule has 0 aliphatic carbocycles. The Morgan fingerprint density at radius 1 is 1.80 bits per heavy atom. The Kier molecular flexibility index (Phi) is 1.94. The summed E-state index contributed by atoms with van der Waals surface area (Å²) in [5.41, 5.74) is -0.162. The van der Waals surface area contributed by atoms with Gasteiger partial charge < -0.3 is 9.47 Å². The van der Waals surface area contributed by atoms with Gasteiger partial charge in [-0.25, -0.2) is 0 Å². The van der Waals surface area contributed by atoms with Gasteiger partial charge in [0.05, 0.1) is 6.61 Å². The summed E-state index contributed by atoms with van der Waals surface area (Å²) in [6.45, 7) is 4.82. The summed E-state index contributed by atoms with van der Waals surface area (Å²) in [6, 6.07) is 0. The van der Waals surface area contributed by atoms with E-state index in [0.717, 1.165) is 0 Å². The van der Waals surface area contributed by atoms with Crippen LogP contribution in [0.3, 0.4) is 0 Å². The number of epoxide rings is 1. The number of rotatable bonds is 3. The minimum absolute atomic E-state index is 0.156. The van der Waals surface area contributed by atoms with Crippen molar-refractivity contribution >= 4 is 5.97 Å². The van der Waals surface area contributed by atoms with Gasteiger partial charge >= 0.3 is 5.97 Å². The highest BCUT2D eigenvalue weighted by atomic mass is 16.6. The van der Waals surface area contributed by atoms with Crippen LogP contribution in [0.2, 0.25) is 0 Å². The normalized spacial score (nSPS) is 29.8. The Labute approximate surface area is 60.3 Å². The first-order chi connectivity index (χ1) is 4.66. The first-order valence-electron chi connectivity index (χ1n) is 3.46. The van der Waals surface area contributed by atoms with E-state index in [4.69, 9.17) is 9.47 Å². The maximum atomic E-state index is 10.6. The SMILES string of the molecule is CCC(=O)OC[C@@]1(C)CO1. The van der Waals surface area contributed by atoms with E-state index < -0.39 is 0 Å². The molecule has 58 valence electrons. The molecule has 0 unspecified atom stereocenters. The first kappa shape index (κ1) is 7.54. The molecule has 0 amide bonds. The molecule has 1 heterocycles. The molecule has 3 heteroatoms. The minimum Gasteiger partial charge on any atom is -0.463 e. The second kappa shape index (κ2) is 2.58. The van der Waals surface area contributed by atoms with Crippen LogP contribution in [0, 0.1) is 0 Å². The lowest BCUT2D eigenvalue weighted by Gasteiger charge is -2.04. The van der Waals surface area contributed by atoms with Crippen LogP contribution >= 0.6 is 0 Å².